The van der Waals surface area contributed by atoms with Crippen LogP contribution >= 0.6 is 27.3 Å². The highest BCUT2D eigenvalue weighted by Crippen LogP contribution is 2.28. The summed E-state index contributed by atoms with van der Waals surface area (Å²) in [5.74, 6) is 0.498. The highest BCUT2D eigenvalue weighted by Gasteiger charge is 2.19. The number of nitrogens with one attached hydrogen (secondary N) is 2. The Kier molecular flexibility index (Phi) is 5.59. The normalized spacial score (nSPS) is 11.4. The lowest BCUT2D eigenvalue weighted by atomic mass is 10.2. The number of carbonyl (C=O) groups is 1. The second-order valence-electron chi connectivity index (χ2n) is 5.93. The topological polar surface area (TPSA) is 91.2 Å². The zero-order chi connectivity index (χ0) is 18.8. The molecular formula is C17H19BrN4O3S. The van der Waals surface area contributed by atoms with E-state index in [0.29, 0.717) is 28.8 Å². The van der Waals surface area contributed by atoms with Crippen LogP contribution in [0, 0.1) is 13.8 Å². The van der Waals surface area contributed by atoms with E-state index in [1.807, 2.05) is 24.0 Å². The first-order valence-corrected chi connectivity index (χ1v) is 9.74. The third-order valence-electron chi connectivity index (χ3n) is 4.07. The van der Waals surface area contributed by atoms with Crippen molar-refractivity contribution in [3.05, 3.63) is 42.6 Å². The number of nitrogens with zero attached hydrogens (tertiary/aromatic N) is 2. The van der Waals surface area contributed by atoms with Crippen LogP contribution in [0.25, 0.3) is 10.8 Å². The number of halogens is 1. The van der Waals surface area contributed by atoms with Crippen LogP contribution < -0.4 is 10.9 Å². The van der Waals surface area contributed by atoms with Crippen molar-refractivity contribution in [1.29, 1.82) is 0 Å². The predicted molar refractivity (Wildman–Crippen MR) is 106 cm³/mol. The molecule has 0 unspecified atom stereocenters. The second kappa shape index (κ2) is 7.73. The molecule has 0 saturated carbocycles. The van der Waals surface area contributed by atoms with Crippen molar-refractivity contribution in [1.82, 2.24) is 15.1 Å². The fourth-order valence-corrected chi connectivity index (χ4v) is 4.36. The number of thiophene rings is 1. The van der Waals surface area contributed by atoms with Crippen LogP contribution in [0.1, 0.15) is 23.3 Å². The van der Waals surface area contributed by atoms with E-state index in [1.54, 1.807) is 25.2 Å². The minimum absolute atomic E-state index is 0.171. The molecule has 0 aromatic carbocycles. The van der Waals surface area contributed by atoms with Gasteiger partial charge in [0.25, 0.3) is 5.56 Å². The summed E-state index contributed by atoms with van der Waals surface area (Å²) >= 11 is 5.09. The van der Waals surface area contributed by atoms with Gasteiger partial charge in [-0.25, -0.2) is 5.10 Å². The van der Waals surface area contributed by atoms with Gasteiger partial charge in [0.2, 0.25) is 11.8 Å². The monoisotopic (exact) mass is 438 g/mol. The molecule has 0 saturated heterocycles. The standard InChI is InChI=1S/C17H19BrN4O3S/c1-4-22(7-11-5-6-12(18)26-11)8-13(23)19-17-15-14(10(3)25-17)9(2)20-21-16(15)24/h5-6H,4,7-8H2,1-3H3,(H,19,23)(H,21,24). The molecular weight excluding hydrogens is 420 g/mol. The van der Waals surface area contributed by atoms with Crippen molar-refractivity contribution < 1.29 is 9.21 Å². The summed E-state index contributed by atoms with van der Waals surface area (Å²) in [4.78, 5) is 27.8. The summed E-state index contributed by atoms with van der Waals surface area (Å²) in [6, 6.07) is 4.03. The van der Waals surface area contributed by atoms with Gasteiger partial charge in [-0.15, -0.1) is 11.3 Å². The quantitative estimate of drug-likeness (QED) is 0.614. The lowest BCUT2D eigenvalue weighted by Gasteiger charge is -2.18. The number of carbonyl (C=O) groups excluding carboxylic acids is 1. The molecule has 3 heterocycles. The molecule has 7 nitrogen and oxygen atoms in total. The van der Waals surface area contributed by atoms with Gasteiger partial charge in [-0.3, -0.25) is 19.8 Å². The number of hydrogen-bond acceptors (Lipinski definition) is 6. The van der Waals surface area contributed by atoms with Crippen LogP contribution in [-0.4, -0.2) is 34.1 Å². The fourth-order valence-electron chi connectivity index (χ4n) is 2.84. The number of aromatic nitrogens is 2. The van der Waals surface area contributed by atoms with Crippen LogP contribution in [0.4, 0.5) is 5.88 Å². The molecule has 0 atom stereocenters. The predicted octanol–water partition coefficient (Wildman–Crippen LogP) is 3.42. The zero-order valence-electron chi connectivity index (χ0n) is 14.7. The molecule has 0 aliphatic heterocycles. The third kappa shape index (κ3) is 3.89. The number of furan rings is 1. The molecule has 0 radical (unpaired) electrons. The Morgan fingerprint density at radius 3 is 2.81 bits per heavy atom. The number of likely N-dealkylation sites (N-methyl/N-ethyl adjacent to an activating group) is 1. The Bertz CT molecular complexity index is 1010. The third-order valence-corrected chi connectivity index (χ3v) is 5.68. The first kappa shape index (κ1) is 18.8. The first-order chi connectivity index (χ1) is 12.4. The Morgan fingerprint density at radius 1 is 1.38 bits per heavy atom. The number of anilines is 1. The molecule has 0 bridgehead atoms. The summed E-state index contributed by atoms with van der Waals surface area (Å²) < 4.78 is 6.68. The molecule has 3 rings (SSSR count). The lowest BCUT2D eigenvalue weighted by molar-refractivity contribution is -0.117. The molecule has 0 aliphatic rings. The van der Waals surface area contributed by atoms with Crippen LogP contribution in [0.15, 0.2) is 25.1 Å². The molecule has 0 fully saturated rings. The minimum atomic E-state index is -0.381. The van der Waals surface area contributed by atoms with Gasteiger partial charge in [0.1, 0.15) is 11.1 Å². The summed E-state index contributed by atoms with van der Waals surface area (Å²) in [5, 5.41) is 10.1. The Balaban J connectivity index is 1.76. The van der Waals surface area contributed by atoms with E-state index in [-0.39, 0.29) is 23.9 Å². The first-order valence-electron chi connectivity index (χ1n) is 8.13. The van der Waals surface area contributed by atoms with Crippen molar-refractivity contribution >= 4 is 49.8 Å². The summed E-state index contributed by atoms with van der Waals surface area (Å²) in [7, 11) is 0. The summed E-state index contributed by atoms with van der Waals surface area (Å²) in [5.41, 5.74) is 0.272. The number of aryl methyl sites for hydroxylation is 2. The molecule has 0 aliphatic carbocycles. The van der Waals surface area contributed by atoms with E-state index < -0.39 is 0 Å². The van der Waals surface area contributed by atoms with Crippen molar-refractivity contribution in [2.75, 3.05) is 18.4 Å². The number of rotatable bonds is 6. The van der Waals surface area contributed by atoms with E-state index in [1.165, 1.54) is 4.88 Å². The van der Waals surface area contributed by atoms with E-state index in [4.69, 9.17) is 4.42 Å². The molecule has 0 spiro atoms. The van der Waals surface area contributed by atoms with Crippen molar-refractivity contribution in [3.63, 3.8) is 0 Å². The molecule has 1 amide bonds. The van der Waals surface area contributed by atoms with Gasteiger partial charge in [-0.05, 0) is 48.5 Å². The van der Waals surface area contributed by atoms with Gasteiger partial charge in [0, 0.05) is 11.4 Å². The van der Waals surface area contributed by atoms with E-state index >= 15 is 0 Å². The largest absolute Gasteiger partial charge is 0.444 e. The summed E-state index contributed by atoms with van der Waals surface area (Å²) in [6.07, 6.45) is 0. The maximum atomic E-state index is 12.5. The number of hydrogen-bond donors (Lipinski definition) is 2. The van der Waals surface area contributed by atoms with Gasteiger partial charge in [0.05, 0.1) is 21.4 Å². The molecule has 26 heavy (non-hydrogen) atoms. The van der Waals surface area contributed by atoms with Crippen molar-refractivity contribution in [3.8, 4) is 0 Å². The SMILES string of the molecule is CCN(CC(=O)Nc1oc(C)c2c(C)n[nH]c(=O)c12)Cc1ccc(Br)s1. The van der Waals surface area contributed by atoms with E-state index in [2.05, 4.69) is 31.4 Å². The van der Waals surface area contributed by atoms with E-state index in [0.717, 1.165) is 10.3 Å². The number of fused-ring (bicyclic) bond motifs is 1. The van der Waals surface area contributed by atoms with Gasteiger partial charge in [-0.1, -0.05) is 6.92 Å². The van der Waals surface area contributed by atoms with Gasteiger partial charge in [-0.2, -0.15) is 5.10 Å². The Labute approximate surface area is 162 Å². The molecule has 138 valence electrons. The van der Waals surface area contributed by atoms with Crippen molar-refractivity contribution in [2.24, 2.45) is 0 Å². The second-order valence-corrected chi connectivity index (χ2v) is 8.48. The highest BCUT2D eigenvalue weighted by atomic mass is 79.9. The zero-order valence-corrected chi connectivity index (χ0v) is 17.1. The van der Waals surface area contributed by atoms with Gasteiger partial charge in [0.15, 0.2) is 0 Å². The lowest BCUT2D eigenvalue weighted by Crippen LogP contribution is -2.32. The number of amides is 1. The maximum absolute atomic E-state index is 12.5. The molecule has 3 aromatic rings. The van der Waals surface area contributed by atoms with Crippen LogP contribution in [0.5, 0.6) is 0 Å². The molecule has 9 heteroatoms. The Hall–Kier alpha value is -1.97. The average molecular weight is 439 g/mol. The Morgan fingerprint density at radius 2 is 2.15 bits per heavy atom. The average Bonchev–Trinajstić information content (AvgIpc) is 3.14. The van der Waals surface area contributed by atoms with Crippen LogP contribution in [-0.2, 0) is 11.3 Å². The smallest absolute Gasteiger partial charge is 0.277 e. The van der Waals surface area contributed by atoms with Crippen LogP contribution in [0.3, 0.4) is 0 Å². The van der Waals surface area contributed by atoms with E-state index in [9.17, 15) is 9.59 Å². The minimum Gasteiger partial charge on any atom is -0.444 e. The number of aromatic amines is 1. The van der Waals surface area contributed by atoms with Crippen LogP contribution in [0.2, 0.25) is 0 Å². The molecule has 2 N–H and O–H groups in total. The van der Waals surface area contributed by atoms with Crippen molar-refractivity contribution in [2.45, 2.75) is 27.3 Å². The maximum Gasteiger partial charge on any atom is 0.277 e. The van der Waals surface area contributed by atoms with Gasteiger partial charge >= 0.3 is 0 Å². The number of H-pyrrole nitrogens is 1. The highest BCUT2D eigenvalue weighted by molar-refractivity contribution is 9.11. The van der Waals surface area contributed by atoms with Gasteiger partial charge < -0.3 is 4.42 Å². The summed E-state index contributed by atoms with van der Waals surface area (Å²) in [6.45, 7) is 7.15. The molecule has 3 aromatic heterocycles. The fraction of sp³-hybridized carbons (Fsp3) is 0.353.